The summed E-state index contributed by atoms with van der Waals surface area (Å²) in [5, 5.41) is 5.12. The number of allylic oxidation sites excluding steroid dienone is 1. The van der Waals surface area contributed by atoms with Gasteiger partial charge in [0, 0.05) is 15.5 Å². The van der Waals surface area contributed by atoms with Gasteiger partial charge < -0.3 is 0 Å². The molecule has 0 amide bonds. The first-order valence-corrected chi connectivity index (χ1v) is 23.9. The number of imidazole rings is 1. The Morgan fingerprint density at radius 3 is 1.95 bits per heavy atom. The van der Waals surface area contributed by atoms with E-state index >= 15 is 0 Å². The molecule has 1 atom stereocenters. The fraction of sp³-hybridized carbons (Fsp3) is 0.0635. The van der Waals surface area contributed by atoms with Gasteiger partial charge in [0.2, 0.25) is 0 Å². The maximum atomic E-state index is 5.56. The normalized spacial score (nSPS) is 14.9. The van der Waals surface area contributed by atoms with Crippen LogP contribution >= 0.6 is 11.3 Å². The maximum Gasteiger partial charge on any atom is 0.156 e. The van der Waals surface area contributed by atoms with Gasteiger partial charge in [-0.2, -0.15) is 0 Å². The van der Waals surface area contributed by atoms with E-state index in [1.54, 1.807) is 0 Å². The molecule has 3 heterocycles. The lowest BCUT2D eigenvalue weighted by atomic mass is 9.67. The van der Waals surface area contributed by atoms with E-state index < -0.39 is 5.41 Å². The van der Waals surface area contributed by atoms with Gasteiger partial charge in [0.1, 0.15) is 0 Å². The quantitative estimate of drug-likeness (QED) is 0.169. The molecule has 0 aliphatic heterocycles. The third-order valence-corrected chi connectivity index (χ3v) is 15.9. The second-order valence-corrected chi connectivity index (χ2v) is 19.3. The first-order chi connectivity index (χ1) is 32.6. The van der Waals surface area contributed by atoms with Crippen molar-refractivity contribution in [2.45, 2.75) is 18.8 Å². The number of nitrogens with zero attached hydrogens (tertiary/aromatic N) is 2. The molecule has 0 saturated heterocycles. The minimum atomic E-state index is -0.425. The van der Waals surface area contributed by atoms with Crippen LogP contribution in [-0.2, 0) is 11.8 Å². The number of pyridine rings is 1. The van der Waals surface area contributed by atoms with Crippen molar-refractivity contribution in [1.29, 1.82) is 0 Å². The number of hydrogen-bond donors (Lipinski definition) is 0. The molecule has 0 spiro atoms. The lowest BCUT2D eigenvalue weighted by molar-refractivity contribution is 0.720. The highest BCUT2D eigenvalue weighted by atomic mass is 32.1. The second kappa shape index (κ2) is 14.3. The van der Waals surface area contributed by atoms with Crippen LogP contribution in [0, 0.1) is 5.92 Å². The van der Waals surface area contributed by atoms with Crippen LogP contribution in [0.25, 0.3) is 98.3 Å². The van der Waals surface area contributed by atoms with Crippen LogP contribution in [0.15, 0.2) is 212 Å². The molecule has 2 aliphatic rings. The van der Waals surface area contributed by atoms with Crippen LogP contribution in [0.3, 0.4) is 0 Å². The Kier molecular flexibility index (Phi) is 8.14. The number of fused-ring (bicyclic) bond motifs is 14. The number of hydrogen-bond acceptors (Lipinski definition) is 2. The Labute approximate surface area is 387 Å². The Balaban J connectivity index is 0.889. The Morgan fingerprint density at radius 1 is 0.530 bits per heavy atom. The topological polar surface area (TPSA) is 17.3 Å². The average Bonchev–Trinajstić information content (AvgIpc) is 4.06. The summed E-state index contributed by atoms with van der Waals surface area (Å²) in [5.74, 6) is 0.480. The molecule has 0 saturated carbocycles. The fourth-order valence-corrected chi connectivity index (χ4v) is 12.9. The van der Waals surface area contributed by atoms with Crippen LogP contribution < -0.4 is 0 Å². The van der Waals surface area contributed by atoms with Crippen LogP contribution in [0.5, 0.6) is 0 Å². The molecule has 12 aromatic rings. The van der Waals surface area contributed by atoms with Crippen LogP contribution in [0.2, 0.25) is 0 Å². The molecule has 2 aliphatic carbocycles. The van der Waals surface area contributed by atoms with Crippen molar-refractivity contribution in [1.82, 2.24) is 9.38 Å². The largest absolute Gasteiger partial charge is 0.291 e. The van der Waals surface area contributed by atoms with Gasteiger partial charge in [0.05, 0.1) is 26.8 Å². The number of rotatable bonds is 5. The second-order valence-electron chi connectivity index (χ2n) is 18.3. The summed E-state index contributed by atoms with van der Waals surface area (Å²) in [6.07, 6.45) is 5.61. The van der Waals surface area contributed by atoms with Gasteiger partial charge >= 0.3 is 0 Å². The van der Waals surface area contributed by atoms with Crippen LogP contribution in [-0.4, -0.2) is 9.38 Å². The molecule has 1 unspecified atom stereocenters. The zero-order valence-electron chi connectivity index (χ0n) is 36.4. The summed E-state index contributed by atoms with van der Waals surface area (Å²) in [5.41, 5.74) is 20.6. The van der Waals surface area contributed by atoms with Crippen LogP contribution in [0.4, 0.5) is 0 Å². The third-order valence-electron chi connectivity index (χ3n) is 14.6. The highest BCUT2D eigenvalue weighted by Gasteiger charge is 2.46. The van der Waals surface area contributed by atoms with E-state index in [0.717, 1.165) is 23.3 Å². The summed E-state index contributed by atoms with van der Waals surface area (Å²) in [6, 6.07) is 76.7. The van der Waals surface area contributed by atoms with Crippen molar-refractivity contribution in [3.8, 4) is 44.6 Å². The predicted molar refractivity (Wildman–Crippen MR) is 279 cm³/mol. The van der Waals surface area contributed by atoms with Crippen molar-refractivity contribution in [2.75, 3.05) is 0 Å². The van der Waals surface area contributed by atoms with Gasteiger partial charge in [-0.05, 0) is 108 Å². The minimum Gasteiger partial charge on any atom is -0.291 e. The van der Waals surface area contributed by atoms with Crippen molar-refractivity contribution in [3.63, 3.8) is 0 Å². The molecule has 3 aromatic heterocycles. The molecule has 66 heavy (non-hydrogen) atoms. The Bertz CT molecular complexity index is 3910. The van der Waals surface area contributed by atoms with E-state index in [0.29, 0.717) is 5.92 Å². The van der Waals surface area contributed by atoms with Crippen molar-refractivity contribution < 1.29 is 0 Å². The third kappa shape index (κ3) is 5.32. The van der Waals surface area contributed by atoms with Gasteiger partial charge in [-0.1, -0.05) is 213 Å². The number of aromatic nitrogens is 2. The summed E-state index contributed by atoms with van der Waals surface area (Å²) >= 11 is 1.88. The van der Waals surface area contributed by atoms with Gasteiger partial charge in [-0.3, -0.25) is 4.40 Å². The predicted octanol–water partition coefficient (Wildman–Crippen LogP) is 16.6. The van der Waals surface area contributed by atoms with E-state index in [2.05, 4.69) is 230 Å². The van der Waals surface area contributed by atoms with Gasteiger partial charge in [-0.25, -0.2) is 4.98 Å². The molecular formula is C63H42N2S. The smallest absolute Gasteiger partial charge is 0.156 e. The van der Waals surface area contributed by atoms with Crippen molar-refractivity contribution >= 4 is 65.0 Å². The van der Waals surface area contributed by atoms with E-state index in [4.69, 9.17) is 4.98 Å². The van der Waals surface area contributed by atoms with Crippen LogP contribution in [0.1, 0.15) is 40.3 Å². The number of benzene rings is 9. The highest BCUT2D eigenvalue weighted by molar-refractivity contribution is 7.27. The molecule has 0 N–H and O–H groups in total. The summed E-state index contributed by atoms with van der Waals surface area (Å²) in [6.45, 7) is 2.30. The molecule has 0 bridgehead atoms. The Morgan fingerprint density at radius 2 is 1.18 bits per heavy atom. The van der Waals surface area contributed by atoms with Gasteiger partial charge in [0.15, 0.2) is 5.65 Å². The lowest BCUT2D eigenvalue weighted by Crippen LogP contribution is -2.28. The molecule has 9 aromatic carbocycles. The minimum absolute atomic E-state index is 0.425. The monoisotopic (exact) mass is 858 g/mol. The SMILES string of the molecule is CC1C=Cc2ccc3c(nc4c5sc6c7ccccc7ccc6c5cc(-c5ccc(-c6ccc(-c7cccc8c7-c7ccccc7C8(c7ccccc7)c7ccccc7)cc6)cc5)n34)c2C1. The van der Waals surface area contributed by atoms with Gasteiger partial charge in [-0.15, -0.1) is 11.3 Å². The van der Waals surface area contributed by atoms with Gasteiger partial charge in [0.25, 0.3) is 0 Å². The zero-order valence-corrected chi connectivity index (χ0v) is 37.2. The van der Waals surface area contributed by atoms with E-state index in [-0.39, 0.29) is 0 Å². The first kappa shape index (κ1) is 37.5. The average molecular weight is 859 g/mol. The summed E-state index contributed by atoms with van der Waals surface area (Å²) < 4.78 is 5.00. The molecule has 310 valence electrons. The van der Waals surface area contributed by atoms with E-state index in [1.807, 2.05) is 11.3 Å². The van der Waals surface area contributed by atoms with Crippen molar-refractivity contribution in [3.05, 3.63) is 246 Å². The maximum absolute atomic E-state index is 5.56. The molecule has 0 fully saturated rings. The lowest BCUT2D eigenvalue weighted by Gasteiger charge is -2.34. The van der Waals surface area contributed by atoms with E-state index in [1.165, 1.54) is 109 Å². The standard InChI is InChI=1S/C63H42N2S/c1-39-23-24-44-34-36-56-59(52(44)37-39)64-62-61-53(50-35-33-42-13-8-9-18-49(42)60(50)66-61)38-57(65(56)62)45-31-27-41(28-32-45)40-25-29-43(30-26-40)48-20-12-22-55-58(48)51-19-10-11-21-54(51)63(55,46-14-4-2-5-15-46)47-16-6-3-7-17-47/h2-36,38-39H,37H2,1H3. The van der Waals surface area contributed by atoms with Crippen molar-refractivity contribution in [2.24, 2.45) is 5.92 Å². The highest BCUT2D eigenvalue weighted by Crippen LogP contribution is 2.58. The zero-order chi connectivity index (χ0) is 43.5. The first-order valence-electron chi connectivity index (χ1n) is 23.1. The molecule has 3 heteroatoms. The molecule has 0 radical (unpaired) electrons. The molecule has 2 nitrogen and oxygen atoms in total. The van der Waals surface area contributed by atoms with E-state index in [9.17, 15) is 0 Å². The summed E-state index contributed by atoms with van der Waals surface area (Å²) in [7, 11) is 0. The molecular weight excluding hydrogens is 817 g/mol. The fourth-order valence-electron chi connectivity index (χ4n) is 11.6. The number of thiophene rings is 1. The Hall–Kier alpha value is -7.85. The molecule has 14 rings (SSSR count). The summed E-state index contributed by atoms with van der Waals surface area (Å²) in [4.78, 5) is 5.56.